The number of rotatable bonds is 3. The van der Waals surface area contributed by atoms with Gasteiger partial charge in [0.2, 0.25) is 0 Å². The number of nitrogens with one attached hydrogen (secondary N) is 1. The summed E-state index contributed by atoms with van der Waals surface area (Å²) in [7, 11) is 0. The van der Waals surface area contributed by atoms with E-state index >= 15 is 0 Å². The fourth-order valence-corrected chi connectivity index (χ4v) is 4.01. The van der Waals surface area contributed by atoms with Gasteiger partial charge in [-0.15, -0.1) is 0 Å². The van der Waals surface area contributed by atoms with Crippen molar-refractivity contribution < 1.29 is 0 Å². The average Bonchev–Trinajstić information content (AvgIpc) is 2.75. The molecule has 110 valence electrons. The number of benzene rings is 1. The summed E-state index contributed by atoms with van der Waals surface area (Å²) in [5.41, 5.74) is 1.83. The van der Waals surface area contributed by atoms with Crippen molar-refractivity contribution >= 4 is 0 Å². The van der Waals surface area contributed by atoms with Crippen LogP contribution in [-0.2, 0) is 6.42 Å². The molecule has 0 saturated carbocycles. The fourth-order valence-electron chi connectivity index (χ4n) is 4.01. The van der Waals surface area contributed by atoms with Gasteiger partial charge in [-0.3, -0.25) is 4.90 Å². The van der Waals surface area contributed by atoms with Crippen LogP contribution in [0.3, 0.4) is 0 Å². The van der Waals surface area contributed by atoms with Gasteiger partial charge in [0.25, 0.3) is 0 Å². The number of hydrogen-bond acceptors (Lipinski definition) is 2. The Bertz CT molecular complexity index is 417. The quantitative estimate of drug-likeness (QED) is 0.909. The van der Waals surface area contributed by atoms with Gasteiger partial charge in [0.05, 0.1) is 0 Å². The van der Waals surface area contributed by atoms with Crippen LogP contribution in [0.4, 0.5) is 0 Å². The van der Waals surface area contributed by atoms with Gasteiger partial charge >= 0.3 is 0 Å². The lowest BCUT2D eigenvalue weighted by atomic mass is 9.87. The minimum Gasteiger partial charge on any atom is -0.310 e. The van der Waals surface area contributed by atoms with Gasteiger partial charge in [-0.05, 0) is 44.7 Å². The molecule has 0 aromatic heterocycles. The molecular weight excluding hydrogens is 244 g/mol. The Morgan fingerprint density at radius 3 is 2.90 bits per heavy atom. The van der Waals surface area contributed by atoms with Gasteiger partial charge < -0.3 is 5.32 Å². The Morgan fingerprint density at radius 1 is 1.20 bits per heavy atom. The van der Waals surface area contributed by atoms with E-state index in [0.29, 0.717) is 5.54 Å². The summed E-state index contributed by atoms with van der Waals surface area (Å²) in [5.74, 6) is 0. The predicted molar refractivity (Wildman–Crippen MR) is 85.0 cm³/mol. The molecule has 2 aliphatic rings. The molecule has 2 saturated heterocycles. The molecule has 20 heavy (non-hydrogen) atoms. The van der Waals surface area contributed by atoms with Crippen molar-refractivity contribution in [1.82, 2.24) is 10.2 Å². The van der Waals surface area contributed by atoms with E-state index in [9.17, 15) is 0 Å². The highest BCUT2D eigenvalue weighted by atomic mass is 15.2. The van der Waals surface area contributed by atoms with Crippen LogP contribution in [0.1, 0.15) is 44.6 Å². The summed E-state index contributed by atoms with van der Waals surface area (Å²) in [6.45, 7) is 6.14. The lowest BCUT2D eigenvalue weighted by molar-refractivity contribution is 0.170. The zero-order valence-corrected chi connectivity index (χ0v) is 12.8. The zero-order chi connectivity index (χ0) is 13.8. The van der Waals surface area contributed by atoms with Crippen molar-refractivity contribution in [2.45, 2.75) is 57.0 Å². The molecule has 2 atom stereocenters. The minimum atomic E-state index is 0.358. The first-order valence-electron chi connectivity index (χ1n) is 8.31. The molecule has 1 N–H and O–H groups in total. The Kier molecular flexibility index (Phi) is 4.42. The molecule has 0 unspecified atom stereocenters. The van der Waals surface area contributed by atoms with Crippen LogP contribution in [0.2, 0.25) is 0 Å². The molecule has 2 nitrogen and oxygen atoms in total. The third-order valence-corrected chi connectivity index (χ3v) is 5.31. The number of nitrogens with zero attached hydrogens (tertiary/aromatic N) is 1. The molecule has 0 radical (unpaired) electrons. The minimum absolute atomic E-state index is 0.358. The van der Waals surface area contributed by atoms with Crippen LogP contribution in [0, 0.1) is 0 Å². The van der Waals surface area contributed by atoms with Crippen molar-refractivity contribution in [3.05, 3.63) is 35.9 Å². The maximum absolute atomic E-state index is 3.85. The largest absolute Gasteiger partial charge is 0.310 e. The molecule has 0 bridgehead atoms. The third kappa shape index (κ3) is 3.07. The summed E-state index contributed by atoms with van der Waals surface area (Å²) in [6, 6.07) is 11.7. The highest BCUT2D eigenvalue weighted by Gasteiger charge is 2.42. The van der Waals surface area contributed by atoms with E-state index in [-0.39, 0.29) is 0 Å². The Morgan fingerprint density at radius 2 is 2.05 bits per heavy atom. The van der Waals surface area contributed by atoms with Crippen molar-refractivity contribution in [3.63, 3.8) is 0 Å². The SMILES string of the molecule is C[C@]12CCN(CCc3ccccc3)[C@H]1CCCCCN2. The first-order chi connectivity index (χ1) is 9.78. The van der Waals surface area contributed by atoms with E-state index in [1.165, 1.54) is 63.7 Å². The highest BCUT2D eigenvalue weighted by Crippen LogP contribution is 2.33. The maximum atomic E-state index is 3.85. The van der Waals surface area contributed by atoms with E-state index in [2.05, 4.69) is 47.5 Å². The Balaban J connectivity index is 1.62. The number of fused-ring (bicyclic) bond motifs is 1. The Labute approximate surface area is 123 Å². The fraction of sp³-hybridized carbons (Fsp3) is 0.667. The van der Waals surface area contributed by atoms with Crippen LogP contribution in [-0.4, -0.2) is 36.1 Å². The smallest absolute Gasteiger partial charge is 0.0321 e. The van der Waals surface area contributed by atoms with Gasteiger partial charge in [0.1, 0.15) is 0 Å². The lowest BCUT2D eigenvalue weighted by Crippen LogP contribution is -2.53. The molecule has 2 aliphatic heterocycles. The molecule has 3 rings (SSSR count). The maximum Gasteiger partial charge on any atom is 0.0321 e. The summed E-state index contributed by atoms with van der Waals surface area (Å²) in [6.07, 6.45) is 8.03. The molecule has 0 amide bonds. The molecule has 1 aromatic carbocycles. The van der Waals surface area contributed by atoms with E-state index in [0.717, 1.165) is 6.04 Å². The molecule has 2 heterocycles. The number of hydrogen-bond donors (Lipinski definition) is 1. The summed E-state index contributed by atoms with van der Waals surface area (Å²) < 4.78 is 0. The van der Waals surface area contributed by atoms with Gasteiger partial charge in [0.15, 0.2) is 0 Å². The van der Waals surface area contributed by atoms with Gasteiger partial charge in [0, 0.05) is 24.7 Å². The van der Waals surface area contributed by atoms with E-state index in [1.807, 2.05) is 0 Å². The summed E-state index contributed by atoms with van der Waals surface area (Å²) in [4.78, 5) is 2.74. The first kappa shape index (κ1) is 14.1. The van der Waals surface area contributed by atoms with Gasteiger partial charge in [-0.25, -0.2) is 0 Å². The van der Waals surface area contributed by atoms with Crippen molar-refractivity contribution in [1.29, 1.82) is 0 Å². The van der Waals surface area contributed by atoms with Gasteiger partial charge in [-0.2, -0.15) is 0 Å². The van der Waals surface area contributed by atoms with Crippen molar-refractivity contribution in [3.8, 4) is 0 Å². The van der Waals surface area contributed by atoms with Crippen molar-refractivity contribution in [2.75, 3.05) is 19.6 Å². The summed E-state index contributed by atoms with van der Waals surface area (Å²) >= 11 is 0. The van der Waals surface area contributed by atoms with Crippen molar-refractivity contribution in [2.24, 2.45) is 0 Å². The summed E-state index contributed by atoms with van der Waals surface area (Å²) in [5, 5.41) is 3.85. The molecule has 0 aliphatic carbocycles. The predicted octanol–water partition coefficient (Wildman–Crippen LogP) is 3.23. The van der Waals surface area contributed by atoms with E-state index < -0.39 is 0 Å². The molecule has 2 fully saturated rings. The van der Waals surface area contributed by atoms with Gasteiger partial charge in [-0.1, -0.05) is 43.2 Å². The second kappa shape index (κ2) is 6.28. The average molecular weight is 272 g/mol. The van der Waals surface area contributed by atoms with Crippen LogP contribution >= 0.6 is 0 Å². The van der Waals surface area contributed by atoms with Crippen LogP contribution in [0.5, 0.6) is 0 Å². The lowest BCUT2D eigenvalue weighted by Gasteiger charge is -2.38. The van der Waals surface area contributed by atoms with E-state index in [1.54, 1.807) is 0 Å². The number of likely N-dealkylation sites (tertiary alicyclic amines) is 1. The second-order valence-corrected chi connectivity index (χ2v) is 6.73. The topological polar surface area (TPSA) is 15.3 Å². The van der Waals surface area contributed by atoms with Crippen LogP contribution in [0.15, 0.2) is 30.3 Å². The first-order valence-corrected chi connectivity index (χ1v) is 8.31. The highest BCUT2D eigenvalue weighted by molar-refractivity contribution is 5.15. The molecular formula is C18H28N2. The zero-order valence-electron chi connectivity index (χ0n) is 12.8. The van der Waals surface area contributed by atoms with Crippen LogP contribution in [0.25, 0.3) is 0 Å². The molecule has 2 heteroatoms. The molecule has 1 aromatic rings. The third-order valence-electron chi connectivity index (χ3n) is 5.31. The Hall–Kier alpha value is -0.860. The standard InChI is InChI=1S/C18H28N2/c1-18-12-15-20(14-11-16-8-4-2-5-9-16)17(18)10-6-3-7-13-19-18/h2,4-5,8-9,17,19H,3,6-7,10-15H2,1H3/t17-,18-/m0/s1. The molecule has 0 spiro atoms. The van der Waals surface area contributed by atoms with E-state index in [4.69, 9.17) is 0 Å². The normalized spacial score (nSPS) is 31.6. The second-order valence-electron chi connectivity index (χ2n) is 6.73. The van der Waals surface area contributed by atoms with Crippen LogP contribution < -0.4 is 5.32 Å². The monoisotopic (exact) mass is 272 g/mol.